The van der Waals surface area contributed by atoms with Gasteiger partial charge in [0.05, 0.1) is 6.07 Å². The second-order valence-electron chi connectivity index (χ2n) is 4.30. The van der Waals surface area contributed by atoms with Crippen LogP contribution in [0.3, 0.4) is 0 Å². The van der Waals surface area contributed by atoms with E-state index >= 15 is 0 Å². The third kappa shape index (κ3) is 3.96. The molecule has 7 heteroatoms. The summed E-state index contributed by atoms with van der Waals surface area (Å²) >= 11 is 0. The van der Waals surface area contributed by atoms with E-state index in [9.17, 15) is 13.2 Å². The molecule has 1 N–H and O–H groups in total. The molecule has 0 aromatic heterocycles. The molecule has 0 spiro atoms. The van der Waals surface area contributed by atoms with Gasteiger partial charge in [0.15, 0.2) is 5.25 Å². The molecule has 0 aromatic rings. The molecule has 1 aliphatic heterocycles. The normalized spacial score (nSPS) is 17.4. The molecule has 1 fully saturated rings. The Kier molecular flexibility index (Phi) is 5.56. The Balaban J connectivity index is 2.37. The van der Waals surface area contributed by atoms with Gasteiger partial charge in [-0.3, -0.25) is 4.79 Å². The topological polar surface area (TPSA) is 90.3 Å². The van der Waals surface area contributed by atoms with Crippen molar-refractivity contribution in [2.75, 3.05) is 19.6 Å². The van der Waals surface area contributed by atoms with E-state index < -0.39 is 15.3 Å². The number of amides is 1. The number of nitriles is 1. The summed E-state index contributed by atoms with van der Waals surface area (Å²) in [4.78, 5) is 13.4. The van der Waals surface area contributed by atoms with Crippen LogP contribution in [0.15, 0.2) is 0 Å². The average molecular weight is 273 g/mol. The largest absolute Gasteiger partial charge is 0.343 e. The third-order valence-electron chi connectivity index (χ3n) is 2.99. The van der Waals surface area contributed by atoms with Gasteiger partial charge in [0.2, 0.25) is 15.9 Å². The highest BCUT2D eigenvalue weighted by molar-refractivity contribution is 7.90. The van der Waals surface area contributed by atoms with Crippen LogP contribution < -0.4 is 4.72 Å². The van der Waals surface area contributed by atoms with Crippen LogP contribution >= 0.6 is 0 Å². The van der Waals surface area contributed by atoms with Crippen molar-refractivity contribution in [2.24, 2.45) is 0 Å². The van der Waals surface area contributed by atoms with Crippen molar-refractivity contribution >= 4 is 15.9 Å². The first kappa shape index (κ1) is 14.9. The van der Waals surface area contributed by atoms with Crippen molar-refractivity contribution in [3.05, 3.63) is 0 Å². The Morgan fingerprint density at radius 1 is 1.44 bits per heavy atom. The number of hydrogen-bond donors (Lipinski definition) is 1. The molecule has 0 radical (unpaired) electrons. The lowest BCUT2D eigenvalue weighted by Gasteiger charge is -2.15. The zero-order valence-corrected chi connectivity index (χ0v) is 11.4. The van der Waals surface area contributed by atoms with E-state index in [-0.39, 0.29) is 25.3 Å². The molecule has 1 aliphatic rings. The Hall–Kier alpha value is -1.13. The summed E-state index contributed by atoms with van der Waals surface area (Å²) in [6.07, 6.45) is 2.43. The van der Waals surface area contributed by atoms with Gasteiger partial charge in [0, 0.05) is 26.1 Å². The van der Waals surface area contributed by atoms with Gasteiger partial charge in [-0.1, -0.05) is 6.92 Å². The van der Waals surface area contributed by atoms with E-state index in [1.54, 1.807) is 17.9 Å². The molecule has 0 aliphatic carbocycles. The maximum atomic E-state index is 11.7. The lowest BCUT2D eigenvalue weighted by atomic mass is 10.4. The number of sulfonamides is 1. The molecule has 0 saturated carbocycles. The van der Waals surface area contributed by atoms with Gasteiger partial charge in [0.1, 0.15) is 0 Å². The van der Waals surface area contributed by atoms with Crippen LogP contribution in [0.5, 0.6) is 0 Å². The molecule has 6 nitrogen and oxygen atoms in total. The van der Waals surface area contributed by atoms with E-state index in [0.29, 0.717) is 0 Å². The highest BCUT2D eigenvalue weighted by Gasteiger charge is 2.23. The van der Waals surface area contributed by atoms with Crippen LogP contribution in [-0.4, -0.2) is 44.1 Å². The highest BCUT2D eigenvalue weighted by Crippen LogP contribution is 2.09. The number of nitrogens with one attached hydrogen (secondary N) is 1. The van der Waals surface area contributed by atoms with Gasteiger partial charge in [0.25, 0.3) is 0 Å². The van der Waals surface area contributed by atoms with Gasteiger partial charge >= 0.3 is 0 Å². The van der Waals surface area contributed by atoms with Gasteiger partial charge in [-0.25, -0.2) is 13.1 Å². The van der Waals surface area contributed by atoms with Crippen molar-refractivity contribution in [3.8, 4) is 6.07 Å². The maximum absolute atomic E-state index is 11.7. The van der Waals surface area contributed by atoms with Crippen LogP contribution in [0, 0.1) is 11.3 Å². The van der Waals surface area contributed by atoms with E-state index in [1.807, 2.05) is 0 Å². The lowest BCUT2D eigenvalue weighted by Crippen LogP contribution is -2.36. The van der Waals surface area contributed by atoms with E-state index in [0.717, 1.165) is 25.9 Å². The number of carbonyl (C=O) groups excluding carboxylic acids is 1. The second kappa shape index (κ2) is 6.71. The van der Waals surface area contributed by atoms with Crippen molar-refractivity contribution in [1.29, 1.82) is 5.26 Å². The number of nitrogens with zero attached hydrogens (tertiary/aromatic N) is 2. The lowest BCUT2D eigenvalue weighted by molar-refractivity contribution is -0.129. The van der Waals surface area contributed by atoms with E-state index in [1.165, 1.54) is 0 Å². The zero-order valence-electron chi connectivity index (χ0n) is 10.6. The summed E-state index contributed by atoms with van der Waals surface area (Å²) in [6, 6.07) is 1.74. The highest BCUT2D eigenvalue weighted by atomic mass is 32.2. The number of rotatable bonds is 6. The Morgan fingerprint density at radius 3 is 2.56 bits per heavy atom. The van der Waals surface area contributed by atoms with Crippen molar-refractivity contribution < 1.29 is 13.2 Å². The summed E-state index contributed by atoms with van der Waals surface area (Å²) in [6.45, 7) is 3.24. The molecule has 18 heavy (non-hydrogen) atoms. The van der Waals surface area contributed by atoms with Crippen molar-refractivity contribution in [1.82, 2.24) is 9.62 Å². The minimum atomic E-state index is -3.62. The first-order valence-electron chi connectivity index (χ1n) is 6.17. The van der Waals surface area contributed by atoms with Crippen LogP contribution in [0.2, 0.25) is 0 Å². The fourth-order valence-corrected chi connectivity index (χ4v) is 3.07. The number of hydrogen-bond acceptors (Lipinski definition) is 4. The smallest absolute Gasteiger partial charge is 0.227 e. The molecule has 1 atom stereocenters. The molecular formula is C11H19N3O3S. The van der Waals surface area contributed by atoms with Crippen LogP contribution in [0.25, 0.3) is 0 Å². The summed E-state index contributed by atoms with van der Waals surface area (Å²) in [5, 5.41) is 7.66. The minimum absolute atomic E-state index is 0.0276. The van der Waals surface area contributed by atoms with Crippen LogP contribution in [-0.2, 0) is 14.8 Å². The van der Waals surface area contributed by atoms with Gasteiger partial charge in [-0.15, -0.1) is 0 Å². The Labute approximate surface area is 108 Å². The first-order valence-corrected chi connectivity index (χ1v) is 7.71. The molecule has 1 rings (SSSR count). The SMILES string of the molecule is CCC(C#N)S(=O)(=O)NCCC(=O)N1CCCC1. The quantitative estimate of drug-likeness (QED) is 0.749. The molecule has 0 aromatic carbocycles. The van der Waals surface area contributed by atoms with Crippen LogP contribution in [0.4, 0.5) is 0 Å². The maximum Gasteiger partial charge on any atom is 0.227 e. The molecule has 1 amide bonds. The molecular weight excluding hydrogens is 254 g/mol. The predicted molar refractivity (Wildman–Crippen MR) is 67.0 cm³/mol. The Morgan fingerprint density at radius 2 is 2.06 bits per heavy atom. The van der Waals surface area contributed by atoms with Crippen molar-refractivity contribution in [2.45, 2.75) is 37.9 Å². The monoisotopic (exact) mass is 273 g/mol. The average Bonchev–Trinajstić information content (AvgIpc) is 2.83. The first-order chi connectivity index (χ1) is 8.51. The third-order valence-corrected chi connectivity index (χ3v) is 4.78. The van der Waals surface area contributed by atoms with E-state index in [2.05, 4.69) is 4.72 Å². The molecule has 1 heterocycles. The number of carbonyl (C=O) groups is 1. The zero-order chi connectivity index (χ0) is 13.6. The second-order valence-corrected chi connectivity index (χ2v) is 6.25. The number of likely N-dealkylation sites (tertiary alicyclic amines) is 1. The molecule has 0 bridgehead atoms. The Bertz CT molecular complexity index is 421. The molecule has 102 valence electrons. The summed E-state index contributed by atoms with van der Waals surface area (Å²) in [5.41, 5.74) is 0. The van der Waals surface area contributed by atoms with Crippen LogP contribution in [0.1, 0.15) is 32.6 Å². The summed E-state index contributed by atoms with van der Waals surface area (Å²) in [7, 11) is -3.62. The fourth-order valence-electron chi connectivity index (χ4n) is 1.91. The fraction of sp³-hybridized carbons (Fsp3) is 0.818. The predicted octanol–water partition coefficient (Wildman–Crippen LogP) is 0.220. The summed E-state index contributed by atoms with van der Waals surface area (Å²) < 4.78 is 25.6. The van der Waals surface area contributed by atoms with Gasteiger partial charge < -0.3 is 4.90 Å². The van der Waals surface area contributed by atoms with Crippen molar-refractivity contribution in [3.63, 3.8) is 0 Å². The van der Waals surface area contributed by atoms with Gasteiger partial charge in [-0.2, -0.15) is 5.26 Å². The standard InChI is InChI=1S/C11H19N3O3S/c1-2-10(9-12)18(16,17)13-6-5-11(15)14-7-3-4-8-14/h10,13H,2-8H2,1H3. The molecule has 1 unspecified atom stereocenters. The minimum Gasteiger partial charge on any atom is -0.343 e. The molecule has 1 saturated heterocycles. The van der Waals surface area contributed by atoms with E-state index in [4.69, 9.17) is 5.26 Å². The van der Waals surface area contributed by atoms with Gasteiger partial charge in [-0.05, 0) is 19.3 Å². The summed E-state index contributed by atoms with van der Waals surface area (Å²) in [5.74, 6) is -0.0276.